The minimum absolute atomic E-state index is 0.349. The van der Waals surface area contributed by atoms with Gasteiger partial charge in [-0.1, -0.05) is 11.6 Å². The summed E-state index contributed by atoms with van der Waals surface area (Å²) in [6.07, 6.45) is 4.48. The van der Waals surface area contributed by atoms with Crippen molar-refractivity contribution in [3.05, 3.63) is 29.0 Å². The van der Waals surface area contributed by atoms with Gasteiger partial charge in [-0.2, -0.15) is 11.8 Å². The Morgan fingerprint density at radius 2 is 2.56 bits per heavy atom. The molecule has 16 heavy (non-hydrogen) atoms. The number of nitrogens with one attached hydrogen (secondary N) is 1. The van der Waals surface area contributed by atoms with Crippen molar-refractivity contribution in [2.24, 2.45) is 0 Å². The fourth-order valence-corrected chi connectivity index (χ4v) is 3.31. The Balaban J connectivity index is 1.85. The van der Waals surface area contributed by atoms with Crippen LogP contribution in [0, 0.1) is 0 Å². The molecule has 0 bridgehead atoms. The zero-order valence-electron chi connectivity index (χ0n) is 9.45. The molecule has 0 saturated carbocycles. The Hall–Kier alpha value is -0.250. The average molecular weight is 257 g/mol. The van der Waals surface area contributed by atoms with E-state index in [1.807, 2.05) is 12.1 Å². The van der Waals surface area contributed by atoms with Gasteiger partial charge in [0.1, 0.15) is 5.15 Å². The normalized spacial score (nSPS) is 22.2. The average Bonchev–Trinajstić information content (AvgIpc) is 2.78. The molecule has 0 spiro atoms. The third-order valence-corrected chi connectivity index (χ3v) is 4.53. The lowest BCUT2D eigenvalue weighted by Gasteiger charge is -2.17. The molecule has 0 amide bonds. The summed E-state index contributed by atoms with van der Waals surface area (Å²) in [5.74, 6) is 1.32. The second-order valence-corrected chi connectivity index (χ2v) is 5.97. The largest absolute Gasteiger partial charge is 0.309 e. The molecule has 1 aromatic rings. The molecule has 2 unspecified atom stereocenters. The van der Waals surface area contributed by atoms with Crippen LogP contribution in [-0.4, -0.2) is 22.5 Å². The summed E-state index contributed by atoms with van der Waals surface area (Å²) in [4.78, 5) is 3.99. The maximum atomic E-state index is 5.87. The van der Waals surface area contributed by atoms with E-state index in [0.29, 0.717) is 11.2 Å². The van der Waals surface area contributed by atoms with Crippen LogP contribution in [0.1, 0.15) is 31.4 Å². The van der Waals surface area contributed by atoms with Crippen molar-refractivity contribution < 1.29 is 0 Å². The van der Waals surface area contributed by atoms with Gasteiger partial charge in [-0.3, -0.25) is 0 Å². The van der Waals surface area contributed by atoms with Crippen LogP contribution in [0.4, 0.5) is 0 Å². The van der Waals surface area contributed by atoms with Crippen molar-refractivity contribution in [1.29, 1.82) is 0 Å². The molecule has 2 atom stereocenters. The molecule has 1 aromatic heterocycles. The third-order valence-electron chi connectivity index (χ3n) is 2.93. The van der Waals surface area contributed by atoms with Crippen LogP contribution >= 0.6 is 23.4 Å². The molecule has 0 aliphatic carbocycles. The van der Waals surface area contributed by atoms with E-state index in [1.54, 1.807) is 6.20 Å². The van der Waals surface area contributed by atoms with Crippen LogP contribution in [0.2, 0.25) is 5.15 Å². The first-order chi connectivity index (χ1) is 7.75. The van der Waals surface area contributed by atoms with Gasteiger partial charge in [0.2, 0.25) is 0 Å². The molecular weight excluding hydrogens is 240 g/mol. The van der Waals surface area contributed by atoms with Crippen molar-refractivity contribution in [2.45, 2.75) is 31.1 Å². The van der Waals surface area contributed by atoms with Gasteiger partial charge in [-0.25, -0.2) is 4.98 Å². The van der Waals surface area contributed by atoms with Crippen molar-refractivity contribution in [1.82, 2.24) is 10.3 Å². The first-order valence-corrected chi connectivity index (χ1v) is 7.15. The number of halogens is 1. The Kier molecular flexibility index (Phi) is 4.50. The van der Waals surface area contributed by atoms with Gasteiger partial charge in [-0.15, -0.1) is 0 Å². The van der Waals surface area contributed by atoms with Gasteiger partial charge in [0.05, 0.1) is 0 Å². The van der Waals surface area contributed by atoms with Crippen LogP contribution in [0.25, 0.3) is 0 Å². The topological polar surface area (TPSA) is 24.9 Å². The number of rotatable bonds is 4. The predicted molar refractivity (Wildman–Crippen MR) is 71.1 cm³/mol. The fraction of sp³-hybridized carbons (Fsp3) is 0.583. The minimum Gasteiger partial charge on any atom is -0.309 e. The lowest BCUT2D eigenvalue weighted by atomic mass is 10.1. The summed E-state index contributed by atoms with van der Waals surface area (Å²) in [6.45, 7) is 3.26. The van der Waals surface area contributed by atoms with E-state index in [1.165, 1.54) is 24.2 Å². The number of aromatic nitrogens is 1. The molecule has 1 aliphatic heterocycles. The first-order valence-electron chi connectivity index (χ1n) is 5.72. The quantitative estimate of drug-likeness (QED) is 0.837. The molecule has 1 N–H and O–H groups in total. The van der Waals surface area contributed by atoms with Crippen LogP contribution in [0.5, 0.6) is 0 Å². The molecule has 1 saturated heterocycles. The zero-order valence-corrected chi connectivity index (χ0v) is 11.0. The monoisotopic (exact) mass is 256 g/mol. The van der Waals surface area contributed by atoms with E-state index >= 15 is 0 Å². The highest BCUT2D eigenvalue weighted by atomic mass is 35.5. The molecular formula is C12H17ClN2S. The number of hydrogen-bond acceptors (Lipinski definition) is 3. The highest BCUT2D eigenvalue weighted by Crippen LogP contribution is 2.26. The van der Waals surface area contributed by atoms with Crippen LogP contribution in [0.15, 0.2) is 18.3 Å². The molecule has 1 fully saturated rings. The van der Waals surface area contributed by atoms with E-state index in [4.69, 9.17) is 11.6 Å². The summed E-state index contributed by atoms with van der Waals surface area (Å²) >= 11 is 7.95. The van der Waals surface area contributed by atoms with Crippen molar-refractivity contribution in [3.63, 3.8) is 0 Å². The number of pyridine rings is 1. The third kappa shape index (κ3) is 3.37. The second-order valence-electron chi connectivity index (χ2n) is 4.18. The van der Waals surface area contributed by atoms with Gasteiger partial charge in [-0.05, 0) is 43.2 Å². The predicted octanol–water partition coefficient (Wildman–Crippen LogP) is 3.28. The van der Waals surface area contributed by atoms with E-state index in [0.717, 1.165) is 11.8 Å². The molecule has 88 valence electrons. The van der Waals surface area contributed by atoms with Gasteiger partial charge in [0.25, 0.3) is 0 Å². The highest BCUT2D eigenvalue weighted by Gasteiger charge is 2.16. The van der Waals surface area contributed by atoms with E-state index in [9.17, 15) is 0 Å². The molecule has 2 nitrogen and oxygen atoms in total. The van der Waals surface area contributed by atoms with E-state index < -0.39 is 0 Å². The number of hydrogen-bond donors (Lipinski definition) is 1. The highest BCUT2D eigenvalue weighted by molar-refractivity contribution is 8.00. The SMILES string of the molecule is CC(NCC1CCCS1)c1ccnc(Cl)c1. The summed E-state index contributed by atoms with van der Waals surface area (Å²) in [6, 6.07) is 4.30. The number of nitrogens with zero attached hydrogens (tertiary/aromatic N) is 1. The molecule has 0 aromatic carbocycles. The standard InChI is InChI=1S/C12H17ClN2S/c1-9(10-4-5-14-12(13)7-10)15-8-11-3-2-6-16-11/h4-5,7,9,11,15H,2-3,6,8H2,1H3. The molecule has 4 heteroatoms. The smallest absolute Gasteiger partial charge is 0.129 e. The number of thioether (sulfide) groups is 1. The maximum Gasteiger partial charge on any atom is 0.129 e. The zero-order chi connectivity index (χ0) is 11.4. The summed E-state index contributed by atoms with van der Waals surface area (Å²) in [7, 11) is 0. The van der Waals surface area contributed by atoms with Crippen LogP contribution in [-0.2, 0) is 0 Å². The van der Waals surface area contributed by atoms with Gasteiger partial charge < -0.3 is 5.32 Å². The van der Waals surface area contributed by atoms with Crippen molar-refractivity contribution in [2.75, 3.05) is 12.3 Å². The van der Waals surface area contributed by atoms with Crippen LogP contribution in [0.3, 0.4) is 0 Å². The Morgan fingerprint density at radius 1 is 1.69 bits per heavy atom. The molecule has 2 rings (SSSR count). The molecule has 0 radical (unpaired) electrons. The molecule has 1 aliphatic rings. The Bertz CT molecular complexity index is 340. The van der Waals surface area contributed by atoms with Crippen LogP contribution < -0.4 is 5.32 Å². The summed E-state index contributed by atoms with van der Waals surface area (Å²) in [5, 5.41) is 4.92. The second kappa shape index (κ2) is 5.89. The van der Waals surface area contributed by atoms with Gasteiger partial charge >= 0.3 is 0 Å². The summed E-state index contributed by atoms with van der Waals surface area (Å²) < 4.78 is 0. The van der Waals surface area contributed by atoms with Crippen molar-refractivity contribution >= 4 is 23.4 Å². The Morgan fingerprint density at radius 3 is 3.25 bits per heavy atom. The minimum atomic E-state index is 0.349. The van der Waals surface area contributed by atoms with Crippen molar-refractivity contribution in [3.8, 4) is 0 Å². The summed E-state index contributed by atoms with van der Waals surface area (Å²) in [5.41, 5.74) is 1.21. The fourth-order valence-electron chi connectivity index (χ4n) is 1.92. The van der Waals surface area contributed by atoms with Gasteiger partial charge in [0, 0.05) is 24.0 Å². The Labute approximate surface area is 106 Å². The lowest BCUT2D eigenvalue weighted by Crippen LogP contribution is -2.26. The lowest BCUT2D eigenvalue weighted by molar-refractivity contribution is 0.559. The van der Waals surface area contributed by atoms with Gasteiger partial charge in [0.15, 0.2) is 0 Å². The van der Waals surface area contributed by atoms with E-state index in [2.05, 4.69) is 29.0 Å². The maximum absolute atomic E-state index is 5.87. The van der Waals surface area contributed by atoms with E-state index in [-0.39, 0.29) is 0 Å². The first kappa shape index (κ1) is 12.2. The molecule has 2 heterocycles.